The molecule has 0 radical (unpaired) electrons. The Morgan fingerprint density at radius 1 is 0.857 bits per heavy atom. The van der Waals surface area contributed by atoms with Gasteiger partial charge in [0.15, 0.2) is 5.43 Å². The van der Waals surface area contributed by atoms with E-state index in [-0.39, 0.29) is 11.5 Å². The molecule has 1 atom stereocenters. The fourth-order valence-electron chi connectivity index (χ4n) is 3.40. The smallest absolute Gasteiger partial charge is 0.192 e. The van der Waals surface area contributed by atoms with Gasteiger partial charge in [0, 0.05) is 6.07 Å². The van der Waals surface area contributed by atoms with Crippen LogP contribution in [0.15, 0.2) is 100 Å². The lowest BCUT2D eigenvalue weighted by Gasteiger charge is -2.20. The van der Waals surface area contributed by atoms with E-state index in [1.807, 2.05) is 30.3 Å². The Bertz CT molecular complexity index is 1080. The molecule has 0 spiro atoms. The van der Waals surface area contributed by atoms with Crippen LogP contribution in [0.25, 0.3) is 11.0 Å². The Hall–Kier alpha value is -3.33. The normalized spacial score (nSPS) is 12.0. The highest BCUT2D eigenvalue weighted by Gasteiger charge is 2.14. The molecule has 0 saturated heterocycles. The van der Waals surface area contributed by atoms with Crippen LogP contribution in [0.5, 0.6) is 5.75 Å². The first-order valence-electron chi connectivity index (χ1n) is 9.57. The maximum atomic E-state index is 12.1. The van der Waals surface area contributed by atoms with Crippen molar-refractivity contribution in [3.8, 4) is 5.75 Å². The van der Waals surface area contributed by atoms with Crippen LogP contribution in [0.3, 0.4) is 0 Å². The third-order valence-corrected chi connectivity index (χ3v) is 4.86. The van der Waals surface area contributed by atoms with Gasteiger partial charge in [-0.3, -0.25) is 4.79 Å². The first kappa shape index (κ1) is 18.1. The second kappa shape index (κ2) is 8.57. The predicted molar refractivity (Wildman–Crippen MR) is 112 cm³/mol. The van der Waals surface area contributed by atoms with Crippen molar-refractivity contribution < 1.29 is 9.15 Å². The zero-order valence-corrected chi connectivity index (χ0v) is 15.6. The molecule has 3 nitrogen and oxygen atoms in total. The van der Waals surface area contributed by atoms with Crippen molar-refractivity contribution in [1.82, 2.24) is 0 Å². The molecule has 0 bridgehead atoms. The Kier molecular flexibility index (Phi) is 5.53. The minimum atomic E-state index is -0.0712. The Labute approximate surface area is 164 Å². The number of benzene rings is 3. The first-order valence-corrected chi connectivity index (χ1v) is 9.57. The molecule has 0 aliphatic heterocycles. The van der Waals surface area contributed by atoms with Gasteiger partial charge in [-0.2, -0.15) is 0 Å². The Balaban J connectivity index is 1.54. The van der Waals surface area contributed by atoms with Crippen molar-refractivity contribution in [2.24, 2.45) is 0 Å². The molecule has 0 aliphatic rings. The van der Waals surface area contributed by atoms with Crippen molar-refractivity contribution in [3.63, 3.8) is 0 Å². The summed E-state index contributed by atoms with van der Waals surface area (Å²) in [4.78, 5) is 12.1. The van der Waals surface area contributed by atoms with Gasteiger partial charge >= 0.3 is 0 Å². The van der Waals surface area contributed by atoms with Crippen molar-refractivity contribution in [2.45, 2.75) is 25.4 Å². The molecule has 0 N–H and O–H groups in total. The fourth-order valence-corrected chi connectivity index (χ4v) is 3.40. The van der Waals surface area contributed by atoms with Crippen LogP contribution in [0.4, 0.5) is 0 Å². The van der Waals surface area contributed by atoms with Crippen molar-refractivity contribution in [2.75, 3.05) is 0 Å². The molecule has 1 heterocycles. The van der Waals surface area contributed by atoms with Gasteiger partial charge in [-0.05, 0) is 48.6 Å². The van der Waals surface area contributed by atoms with Crippen LogP contribution < -0.4 is 10.2 Å². The third-order valence-electron chi connectivity index (χ3n) is 4.86. The van der Waals surface area contributed by atoms with Crippen LogP contribution in [0, 0.1) is 0 Å². The van der Waals surface area contributed by atoms with E-state index in [1.54, 1.807) is 12.1 Å². The molecular formula is C25H22O3. The van der Waals surface area contributed by atoms with Gasteiger partial charge in [-0.25, -0.2) is 0 Å². The summed E-state index contributed by atoms with van der Waals surface area (Å²) in [5.74, 6) is 0.680. The fraction of sp³-hybridized carbons (Fsp3) is 0.160. The highest BCUT2D eigenvalue weighted by molar-refractivity contribution is 5.77. The van der Waals surface area contributed by atoms with Crippen LogP contribution in [0.2, 0.25) is 0 Å². The average Bonchev–Trinajstić information content (AvgIpc) is 2.75. The standard InChI is InChI=1S/C25H22O3/c26-23-16-17-27-25-15-14-21(18-22(23)25)28-24(20-11-5-2-6-12-20)13-7-10-19-8-3-1-4-9-19/h1-6,8-9,11-12,14-18,24H,7,10,13H2. The van der Waals surface area contributed by atoms with Crippen LogP contribution >= 0.6 is 0 Å². The summed E-state index contributed by atoms with van der Waals surface area (Å²) in [5, 5.41) is 0.538. The third kappa shape index (κ3) is 4.32. The van der Waals surface area contributed by atoms with Gasteiger partial charge in [0.1, 0.15) is 17.4 Å². The highest BCUT2D eigenvalue weighted by Crippen LogP contribution is 2.28. The number of hydrogen-bond donors (Lipinski definition) is 0. The Morgan fingerprint density at radius 2 is 1.61 bits per heavy atom. The summed E-state index contributed by atoms with van der Waals surface area (Å²) in [6.45, 7) is 0. The molecule has 4 aromatic rings. The second-order valence-electron chi connectivity index (χ2n) is 6.84. The van der Waals surface area contributed by atoms with Gasteiger partial charge in [-0.1, -0.05) is 60.7 Å². The summed E-state index contributed by atoms with van der Waals surface area (Å²) in [7, 11) is 0. The number of ether oxygens (including phenoxy) is 1. The monoisotopic (exact) mass is 370 g/mol. The number of aryl methyl sites for hydroxylation is 1. The summed E-state index contributed by atoms with van der Waals surface area (Å²) < 4.78 is 11.7. The van der Waals surface area contributed by atoms with E-state index in [4.69, 9.17) is 9.15 Å². The van der Waals surface area contributed by atoms with E-state index in [1.165, 1.54) is 17.9 Å². The quantitative estimate of drug-likeness (QED) is 0.404. The molecule has 3 aromatic carbocycles. The van der Waals surface area contributed by atoms with Crippen LogP contribution in [-0.2, 0) is 6.42 Å². The van der Waals surface area contributed by atoms with Gasteiger partial charge in [0.25, 0.3) is 0 Å². The molecule has 0 aliphatic carbocycles. The summed E-state index contributed by atoms with van der Waals surface area (Å²) >= 11 is 0. The molecular weight excluding hydrogens is 348 g/mol. The molecule has 3 heteroatoms. The molecule has 0 fully saturated rings. The summed E-state index contributed by atoms with van der Waals surface area (Å²) in [5.41, 5.74) is 2.97. The van der Waals surface area contributed by atoms with Gasteiger partial charge in [-0.15, -0.1) is 0 Å². The van der Waals surface area contributed by atoms with Crippen molar-refractivity contribution in [3.05, 3.63) is 113 Å². The van der Waals surface area contributed by atoms with E-state index in [0.717, 1.165) is 24.8 Å². The molecule has 1 unspecified atom stereocenters. The second-order valence-corrected chi connectivity index (χ2v) is 6.84. The molecule has 1 aromatic heterocycles. The number of rotatable bonds is 7. The van der Waals surface area contributed by atoms with Gasteiger partial charge in [0.2, 0.25) is 0 Å². The lowest BCUT2D eigenvalue weighted by molar-refractivity contribution is 0.192. The summed E-state index contributed by atoms with van der Waals surface area (Å²) in [6, 6.07) is 27.6. The van der Waals surface area contributed by atoms with Crippen LogP contribution in [0.1, 0.15) is 30.1 Å². The molecule has 28 heavy (non-hydrogen) atoms. The molecule has 0 amide bonds. The average molecular weight is 370 g/mol. The number of hydrogen-bond acceptors (Lipinski definition) is 3. The summed E-state index contributed by atoms with van der Waals surface area (Å²) in [6.07, 6.45) is 4.26. The molecule has 4 rings (SSSR count). The zero-order chi connectivity index (χ0) is 19.2. The molecule has 0 saturated carbocycles. The zero-order valence-electron chi connectivity index (χ0n) is 15.6. The topological polar surface area (TPSA) is 39.4 Å². The highest BCUT2D eigenvalue weighted by atomic mass is 16.5. The first-order chi connectivity index (χ1) is 13.8. The minimum Gasteiger partial charge on any atom is -0.486 e. The maximum absolute atomic E-state index is 12.1. The van der Waals surface area contributed by atoms with Crippen molar-refractivity contribution in [1.29, 1.82) is 0 Å². The van der Waals surface area contributed by atoms with E-state index in [0.29, 0.717) is 16.7 Å². The van der Waals surface area contributed by atoms with Crippen molar-refractivity contribution >= 4 is 11.0 Å². The Morgan fingerprint density at radius 3 is 2.39 bits per heavy atom. The van der Waals surface area contributed by atoms with E-state index in [9.17, 15) is 4.79 Å². The van der Waals surface area contributed by atoms with E-state index >= 15 is 0 Å². The van der Waals surface area contributed by atoms with E-state index < -0.39 is 0 Å². The lowest BCUT2D eigenvalue weighted by Crippen LogP contribution is -2.09. The van der Waals surface area contributed by atoms with Gasteiger partial charge in [0.05, 0.1) is 11.6 Å². The maximum Gasteiger partial charge on any atom is 0.192 e. The molecule has 140 valence electrons. The largest absolute Gasteiger partial charge is 0.486 e. The number of fused-ring (bicyclic) bond motifs is 1. The predicted octanol–water partition coefficient (Wildman–Crippen LogP) is 5.94. The van der Waals surface area contributed by atoms with Gasteiger partial charge < -0.3 is 9.15 Å². The van der Waals surface area contributed by atoms with Crippen LogP contribution in [-0.4, -0.2) is 0 Å². The minimum absolute atomic E-state index is 0.0629. The van der Waals surface area contributed by atoms with E-state index in [2.05, 4.69) is 36.4 Å². The lowest BCUT2D eigenvalue weighted by atomic mass is 10.0. The SMILES string of the molecule is O=c1ccoc2ccc(OC(CCCc3ccccc3)c3ccccc3)cc12.